The van der Waals surface area contributed by atoms with Crippen molar-refractivity contribution in [3.05, 3.63) is 80.5 Å². The van der Waals surface area contributed by atoms with Gasteiger partial charge in [0.1, 0.15) is 11.5 Å². The summed E-state index contributed by atoms with van der Waals surface area (Å²) >= 11 is 7.60. The van der Waals surface area contributed by atoms with Crippen molar-refractivity contribution in [2.24, 2.45) is 0 Å². The first-order valence-corrected chi connectivity index (χ1v) is 11.5. The molecule has 1 N–H and O–H groups in total. The number of carbonyl (C=O) groups excluding carboxylic acids is 2. The minimum absolute atomic E-state index is 0.0295. The molecule has 1 aliphatic rings. The van der Waals surface area contributed by atoms with Crippen molar-refractivity contribution in [3.8, 4) is 17.2 Å². The lowest BCUT2D eigenvalue weighted by molar-refractivity contribution is -0.140. The molecule has 0 bridgehead atoms. The summed E-state index contributed by atoms with van der Waals surface area (Å²) in [5.74, 6) is -0.514. The third-order valence-corrected chi connectivity index (χ3v) is 6.77. The van der Waals surface area contributed by atoms with Crippen LogP contribution < -0.4 is 14.2 Å². The van der Waals surface area contributed by atoms with Crippen LogP contribution in [0.3, 0.4) is 0 Å². The van der Waals surface area contributed by atoms with Gasteiger partial charge in [0.25, 0.3) is 11.7 Å². The van der Waals surface area contributed by atoms with E-state index in [-0.39, 0.29) is 17.9 Å². The fourth-order valence-corrected chi connectivity index (χ4v) is 4.84. The molecule has 1 aliphatic heterocycles. The highest BCUT2D eigenvalue weighted by Crippen LogP contribution is 2.43. The number of likely N-dealkylation sites (tertiary alicyclic amines) is 1. The Morgan fingerprint density at radius 3 is 2.38 bits per heavy atom. The number of carbonyl (C=O) groups is 2. The Morgan fingerprint density at radius 2 is 1.74 bits per heavy atom. The van der Waals surface area contributed by atoms with Gasteiger partial charge < -0.3 is 24.2 Å². The first-order valence-electron chi connectivity index (χ1n) is 10.3. The zero-order valence-electron chi connectivity index (χ0n) is 18.7. The van der Waals surface area contributed by atoms with Crippen LogP contribution in [0.1, 0.15) is 22.0 Å². The number of hydrogen-bond acceptors (Lipinski definition) is 7. The van der Waals surface area contributed by atoms with Crippen LogP contribution in [0, 0.1) is 0 Å². The number of halogens is 1. The van der Waals surface area contributed by atoms with E-state index in [0.29, 0.717) is 33.4 Å². The van der Waals surface area contributed by atoms with Crippen LogP contribution in [0.15, 0.2) is 59.5 Å². The van der Waals surface area contributed by atoms with Gasteiger partial charge in [-0.25, -0.2) is 0 Å². The molecule has 1 saturated heterocycles. The number of hydrogen-bond donors (Lipinski definition) is 1. The molecule has 1 fully saturated rings. The van der Waals surface area contributed by atoms with Gasteiger partial charge in [-0.2, -0.15) is 0 Å². The number of ketones is 1. The van der Waals surface area contributed by atoms with E-state index in [2.05, 4.69) is 0 Å². The van der Waals surface area contributed by atoms with Crippen molar-refractivity contribution in [1.82, 2.24) is 4.90 Å². The lowest BCUT2D eigenvalue weighted by atomic mass is 9.95. The molecule has 1 amide bonds. The normalized spacial score (nSPS) is 17.2. The highest BCUT2D eigenvalue weighted by Gasteiger charge is 2.46. The van der Waals surface area contributed by atoms with E-state index in [1.807, 2.05) is 17.5 Å². The van der Waals surface area contributed by atoms with E-state index in [1.165, 1.54) is 43.6 Å². The van der Waals surface area contributed by atoms with Gasteiger partial charge in [-0.15, -0.1) is 11.3 Å². The highest BCUT2D eigenvalue weighted by molar-refractivity contribution is 7.09. The summed E-state index contributed by atoms with van der Waals surface area (Å²) in [6.45, 7) is 0.210. The predicted octanol–water partition coefficient (Wildman–Crippen LogP) is 5.05. The van der Waals surface area contributed by atoms with Gasteiger partial charge in [-0.05, 0) is 47.3 Å². The van der Waals surface area contributed by atoms with Gasteiger partial charge in [0, 0.05) is 10.4 Å². The zero-order valence-corrected chi connectivity index (χ0v) is 20.3. The van der Waals surface area contributed by atoms with Crippen LogP contribution in [-0.2, 0) is 16.1 Å². The van der Waals surface area contributed by atoms with Crippen LogP contribution in [0.4, 0.5) is 0 Å². The Labute approximate surface area is 205 Å². The molecule has 9 heteroatoms. The van der Waals surface area contributed by atoms with Crippen LogP contribution >= 0.6 is 22.9 Å². The van der Waals surface area contributed by atoms with E-state index in [4.69, 9.17) is 25.8 Å². The predicted molar refractivity (Wildman–Crippen MR) is 130 cm³/mol. The maximum absolute atomic E-state index is 13.2. The second-order valence-electron chi connectivity index (χ2n) is 7.47. The number of aliphatic hydroxyl groups excluding tert-OH is 1. The van der Waals surface area contributed by atoms with Crippen LogP contribution in [0.5, 0.6) is 17.2 Å². The number of aliphatic hydroxyl groups is 1. The number of thiophene rings is 1. The Kier molecular flexibility index (Phi) is 6.81. The topological polar surface area (TPSA) is 85.3 Å². The van der Waals surface area contributed by atoms with Crippen LogP contribution in [0.25, 0.3) is 5.76 Å². The molecule has 0 aliphatic carbocycles. The molecule has 34 heavy (non-hydrogen) atoms. The van der Waals surface area contributed by atoms with Gasteiger partial charge in [-0.3, -0.25) is 9.59 Å². The first-order chi connectivity index (χ1) is 16.4. The number of methoxy groups -OCH3 is 3. The molecular formula is C25H22ClNO6S. The largest absolute Gasteiger partial charge is 0.507 e. The fourth-order valence-electron chi connectivity index (χ4n) is 3.95. The van der Waals surface area contributed by atoms with Gasteiger partial charge >= 0.3 is 0 Å². The molecule has 1 atom stereocenters. The molecule has 7 nitrogen and oxygen atoms in total. The number of ether oxygens (including phenoxy) is 3. The maximum atomic E-state index is 13.2. The Hall–Kier alpha value is -3.49. The standard InChI is InChI=1S/C25H22ClNO6S/c1-31-18-9-7-14(11-20(18)33-3)22-21(23(28)15-6-8-17(26)19(12-15)32-2)24(29)25(30)27(22)13-16-5-4-10-34-16/h4-12,22,28H,13H2,1-3H3/b23-21-. The second-order valence-corrected chi connectivity index (χ2v) is 8.91. The van der Waals surface area contributed by atoms with Crippen molar-refractivity contribution in [2.75, 3.05) is 21.3 Å². The van der Waals surface area contributed by atoms with E-state index in [1.54, 1.807) is 30.3 Å². The van der Waals surface area contributed by atoms with Crippen molar-refractivity contribution in [2.45, 2.75) is 12.6 Å². The van der Waals surface area contributed by atoms with Crippen molar-refractivity contribution in [1.29, 1.82) is 0 Å². The highest BCUT2D eigenvalue weighted by atomic mass is 35.5. The average molecular weight is 500 g/mol. The molecule has 3 aromatic rings. The van der Waals surface area contributed by atoms with Gasteiger partial charge in [-0.1, -0.05) is 23.7 Å². The van der Waals surface area contributed by atoms with Crippen molar-refractivity contribution < 1.29 is 28.9 Å². The van der Waals surface area contributed by atoms with Crippen molar-refractivity contribution >= 4 is 40.4 Å². The third kappa shape index (κ3) is 4.22. The molecule has 0 saturated carbocycles. The van der Waals surface area contributed by atoms with E-state index in [9.17, 15) is 14.7 Å². The quantitative estimate of drug-likeness (QED) is 0.278. The summed E-state index contributed by atoms with van der Waals surface area (Å²) in [5.41, 5.74) is 0.870. The summed E-state index contributed by atoms with van der Waals surface area (Å²) < 4.78 is 16.0. The maximum Gasteiger partial charge on any atom is 0.295 e. The second kappa shape index (κ2) is 9.79. The minimum atomic E-state index is -0.844. The molecule has 0 spiro atoms. The monoisotopic (exact) mass is 499 g/mol. The fraction of sp³-hybridized carbons (Fsp3) is 0.200. The molecule has 0 radical (unpaired) electrons. The Morgan fingerprint density at radius 1 is 1.00 bits per heavy atom. The molecule has 1 aromatic heterocycles. The summed E-state index contributed by atoms with van der Waals surface area (Å²) in [5, 5.41) is 13.5. The molecule has 176 valence electrons. The minimum Gasteiger partial charge on any atom is -0.507 e. The number of nitrogens with zero attached hydrogens (tertiary/aromatic N) is 1. The average Bonchev–Trinajstić information content (AvgIpc) is 3.46. The Balaban J connectivity index is 1.90. The molecule has 4 rings (SSSR count). The van der Waals surface area contributed by atoms with Crippen LogP contribution in [0.2, 0.25) is 5.02 Å². The van der Waals surface area contributed by atoms with Gasteiger partial charge in [0.15, 0.2) is 11.5 Å². The first kappa shape index (κ1) is 23.7. The molecule has 1 unspecified atom stereocenters. The number of benzene rings is 2. The van der Waals surface area contributed by atoms with E-state index < -0.39 is 17.7 Å². The number of amides is 1. The Bertz CT molecular complexity index is 1270. The summed E-state index contributed by atoms with van der Waals surface area (Å²) in [6.07, 6.45) is 0. The lowest BCUT2D eigenvalue weighted by Gasteiger charge is -2.25. The van der Waals surface area contributed by atoms with E-state index in [0.717, 1.165) is 4.88 Å². The summed E-state index contributed by atoms with van der Waals surface area (Å²) in [4.78, 5) is 28.7. The van der Waals surface area contributed by atoms with Gasteiger partial charge in [0.2, 0.25) is 0 Å². The molecular weight excluding hydrogens is 478 g/mol. The SMILES string of the molecule is COc1cc(/C(O)=C2/C(=O)C(=O)N(Cc3cccs3)C2c2ccc(OC)c(OC)c2)ccc1Cl. The zero-order chi connectivity index (χ0) is 24.4. The van der Waals surface area contributed by atoms with Crippen molar-refractivity contribution in [3.63, 3.8) is 0 Å². The summed E-state index contributed by atoms with van der Waals surface area (Å²) in [6, 6.07) is 12.7. The lowest BCUT2D eigenvalue weighted by Crippen LogP contribution is -2.28. The number of Topliss-reactive ketones (excluding diaryl/α,β-unsaturated/α-hetero) is 1. The van der Waals surface area contributed by atoms with Gasteiger partial charge in [0.05, 0.1) is 44.5 Å². The number of rotatable bonds is 7. The molecule has 2 aromatic carbocycles. The van der Waals surface area contributed by atoms with Crippen LogP contribution in [-0.4, -0.2) is 43.0 Å². The summed E-state index contributed by atoms with van der Waals surface area (Å²) in [7, 11) is 4.48. The van der Waals surface area contributed by atoms with E-state index >= 15 is 0 Å². The smallest absolute Gasteiger partial charge is 0.295 e. The third-order valence-electron chi connectivity index (χ3n) is 5.59. The molecule has 2 heterocycles.